The molecule has 0 fully saturated rings. The van der Waals surface area contributed by atoms with Crippen molar-refractivity contribution in [1.82, 2.24) is 15.3 Å². The molecule has 7 heteroatoms. The molecule has 0 saturated heterocycles. The number of benzene rings is 1. The maximum absolute atomic E-state index is 12.6. The van der Waals surface area contributed by atoms with E-state index in [1.165, 1.54) is 6.20 Å². The Morgan fingerprint density at radius 1 is 1.21 bits per heavy atom. The highest BCUT2D eigenvalue weighted by Gasteiger charge is 2.19. The predicted octanol–water partition coefficient (Wildman–Crippen LogP) is 4.12. The first-order valence-corrected chi connectivity index (χ1v) is 8.56. The molecule has 0 bridgehead atoms. The number of carbonyl (C=O) groups excluding carboxylic acids is 1. The lowest BCUT2D eigenvalue weighted by molar-refractivity contribution is 0.0935. The quantitative estimate of drug-likeness (QED) is 0.835. The average Bonchev–Trinajstić information content (AvgIpc) is 2.57. The first-order chi connectivity index (χ1) is 11.5. The van der Waals surface area contributed by atoms with E-state index in [4.69, 9.17) is 23.2 Å². The van der Waals surface area contributed by atoms with Gasteiger partial charge in [0, 0.05) is 18.1 Å². The summed E-state index contributed by atoms with van der Waals surface area (Å²) < 4.78 is 0. The average molecular weight is 367 g/mol. The molecule has 0 spiro atoms. The predicted molar refractivity (Wildman–Crippen MR) is 97.9 cm³/mol. The van der Waals surface area contributed by atoms with Gasteiger partial charge in [0.25, 0.3) is 5.91 Å². The summed E-state index contributed by atoms with van der Waals surface area (Å²) in [5, 5.41) is 3.70. The highest BCUT2D eigenvalue weighted by atomic mass is 35.5. The summed E-state index contributed by atoms with van der Waals surface area (Å²) in [6.07, 6.45) is 1.46. The highest BCUT2D eigenvalue weighted by Crippen LogP contribution is 2.23. The van der Waals surface area contributed by atoms with Crippen LogP contribution in [0.5, 0.6) is 0 Å². The molecule has 0 aliphatic heterocycles. The fourth-order valence-electron chi connectivity index (χ4n) is 2.34. The molecule has 1 aromatic heterocycles. The Hall–Kier alpha value is -1.85. The molecule has 1 heterocycles. The van der Waals surface area contributed by atoms with Crippen LogP contribution >= 0.6 is 23.2 Å². The van der Waals surface area contributed by atoms with Crippen molar-refractivity contribution in [2.24, 2.45) is 0 Å². The van der Waals surface area contributed by atoms with E-state index in [0.717, 1.165) is 18.7 Å². The lowest BCUT2D eigenvalue weighted by Crippen LogP contribution is -2.30. The van der Waals surface area contributed by atoms with E-state index in [9.17, 15) is 4.79 Å². The van der Waals surface area contributed by atoms with Crippen LogP contribution in [-0.4, -0.2) is 29.0 Å². The minimum atomic E-state index is -0.358. The van der Waals surface area contributed by atoms with Crippen molar-refractivity contribution >= 4 is 35.1 Å². The lowest BCUT2D eigenvalue weighted by atomic mass is 10.1. The van der Waals surface area contributed by atoms with E-state index in [1.807, 2.05) is 43.9 Å². The lowest BCUT2D eigenvalue weighted by Gasteiger charge is -2.20. The molecule has 5 nitrogen and oxygen atoms in total. The van der Waals surface area contributed by atoms with Gasteiger partial charge in [-0.2, -0.15) is 0 Å². The van der Waals surface area contributed by atoms with Crippen molar-refractivity contribution in [3.05, 3.63) is 51.8 Å². The Morgan fingerprint density at radius 3 is 2.50 bits per heavy atom. The number of anilines is 1. The van der Waals surface area contributed by atoms with Crippen LogP contribution in [0.4, 0.5) is 5.95 Å². The number of hydrogen-bond acceptors (Lipinski definition) is 4. The van der Waals surface area contributed by atoms with Gasteiger partial charge in [0.2, 0.25) is 5.95 Å². The number of nitrogens with one attached hydrogen (secondary N) is 1. The zero-order chi connectivity index (χ0) is 17.7. The standard InChI is InChI=1S/C17H20Cl2N4O/c1-4-23(5-2)17-20-10-14(19)15(22-17)16(24)21-11(3)12-8-6-7-9-13(12)18/h6-11H,4-5H2,1-3H3,(H,21,24). The number of nitrogens with zero attached hydrogens (tertiary/aromatic N) is 3. The Labute approximate surface area is 152 Å². The number of rotatable bonds is 6. The van der Waals surface area contributed by atoms with E-state index < -0.39 is 0 Å². The Morgan fingerprint density at radius 2 is 1.88 bits per heavy atom. The second-order valence-electron chi connectivity index (χ2n) is 5.26. The summed E-state index contributed by atoms with van der Waals surface area (Å²) in [5.74, 6) is 0.128. The largest absolute Gasteiger partial charge is 0.344 e. The van der Waals surface area contributed by atoms with Gasteiger partial charge < -0.3 is 10.2 Å². The monoisotopic (exact) mass is 366 g/mol. The van der Waals surface area contributed by atoms with Gasteiger partial charge in [-0.3, -0.25) is 4.79 Å². The van der Waals surface area contributed by atoms with Crippen LogP contribution in [0.1, 0.15) is 42.9 Å². The number of amides is 1. The number of hydrogen-bond donors (Lipinski definition) is 1. The van der Waals surface area contributed by atoms with Crippen LogP contribution in [0.25, 0.3) is 0 Å². The molecule has 0 aliphatic carbocycles. The van der Waals surface area contributed by atoms with Crippen LogP contribution in [0, 0.1) is 0 Å². The van der Waals surface area contributed by atoms with E-state index in [1.54, 1.807) is 6.07 Å². The maximum atomic E-state index is 12.6. The van der Waals surface area contributed by atoms with Gasteiger partial charge in [-0.15, -0.1) is 0 Å². The number of carbonyl (C=O) groups is 1. The first kappa shape index (κ1) is 18.5. The molecular weight excluding hydrogens is 347 g/mol. The molecule has 2 rings (SSSR count). The number of aromatic nitrogens is 2. The van der Waals surface area contributed by atoms with Gasteiger partial charge in [0.15, 0.2) is 5.69 Å². The van der Waals surface area contributed by atoms with Crippen molar-refractivity contribution in [2.75, 3.05) is 18.0 Å². The van der Waals surface area contributed by atoms with E-state index in [2.05, 4.69) is 15.3 Å². The van der Waals surface area contributed by atoms with Crippen molar-refractivity contribution < 1.29 is 4.79 Å². The third-order valence-corrected chi connectivity index (χ3v) is 4.33. The molecule has 1 N–H and O–H groups in total. The summed E-state index contributed by atoms with van der Waals surface area (Å²) in [6, 6.07) is 7.11. The second-order valence-corrected chi connectivity index (χ2v) is 6.07. The van der Waals surface area contributed by atoms with Gasteiger partial charge in [-0.1, -0.05) is 41.4 Å². The summed E-state index contributed by atoms with van der Waals surface area (Å²) in [4.78, 5) is 23.0. The topological polar surface area (TPSA) is 58.1 Å². The maximum Gasteiger partial charge on any atom is 0.272 e. The van der Waals surface area contributed by atoms with Crippen LogP contribution in [0.15, 0.2) is 30.5 Å². The molecule has 128 valence electrons. The highest BCUT2D eigenvalue weighted by molar-refractivity contribution is 6.33. The van der Waals surface area contributed by atoms with Gasteiger partial charge >= 0.3 is 0 Å². The van der Waals surface area contributed by atoms with Crippen LogP contribution in [0.3, 0.4) is 0 Å². The van der Waals surface area contributed by atoms with Crippen molar-refractivity contribution in [3.63, 3.8) is 0 Å². The Kier molecular flexibility index (Phi) is 6.40. The van der Waals surface area contributed by atoms with Crippen molar-refractivity contribution in [1.29, 1.82) is 0 Å². The summed E-state index contributed by atoms with van der Waals surface area (Å²) in [6.45, 7) is 7.35. The number of halogens is 2. The second kappa shape index (κ2) is 8.31. The molecule has 0 saturated carbocycles. The van der Waals surface area contributed by atoms with Crippen LogP contribution in [-0.2, 0) is 0 Å². The fourth-order valence-corrected chi connectivity index (χ4v) is 2.82. The van der Waals surface area contributed by atoms with Crippen molar-refractivity contribution in [3.8, 4) is 0 Å². The Balaban J connectivity index is 2.23. The first-order valence-electron chi connectivity index (χ1n) is 7.80. The normalized spacial score (nSPS) is 11.9. The molecule has 1 aromatic carbocycles. The summed E-state index contributed by atoms with van der Waals surface area (Å²) >= 11 is 12.3. The Bertz CT molecular complexity index is 719. The molecule has 1 amide bonds. The van der Waals surface area contributed by atoms with Gasteiger partial charge in [-0.05, 0) is 32.4 Å². The van der Waals surface area contributed by atoms with Crippen LogP contribution < -0.4 is 10.2 Å². The summed E-state index contributed by atoms with van der Waals surface area (Å²) in [7, 11) is 0. The molecule has 2 aromatic rings. The molecule has 0 aliphatic rings. The fraction of sp³-hybridized carbons (Fsp3) is 0.353. The van der Waals surface area contributed by atoms with Crippen molar-refractivity contribution in [2.45, 2.75) is 26.8 Å². The third-order valence-electron chi connectivity index (χ3n) is 3.71. The van der Waals surface area contributed by atoms with Gasteiger partial charge in [-0.25, -0.2) is 9.97 Å². The van der Waals surface area contributed by atoms with Gasteiger partial charge in [0.1, 0.15) is 0 Å². The SMILES string of the molecule is CCN(CC)c1ncc(Cl)c(C(=O)NC(C)c2ccccc2Cl)n1. The minimum absolute atomic E-state index is 0.160. The zero-order valence-corrected chi connectivity index (χ0v) is 15.4. The summed E-state index contributed by atoms with van der Waals surface area (Å²) in [5.41, 5.74) is 0.995. The van der Waals surface area contributed by atoms with E-state index in [-0.39, 0.29) is 22.7 Å². The van der Waals surface area contributed by atoms with E-state index in [0.29, 0.717) is 11.0 Å². The molecule has 0 radical (unpaired) electrons. The minimum Gasteiger partial charge on any atom is -0.344 e. The molecule has 24 heavy (non-hydrogen) atoms. The van der Waals surface area contributed by atoms with Crippen LogP contribution in [0.2, 0.25) is 10.0 Å². The van der Waals surface area contributed by atoms with E-state index >= 15 is 0 Å². The smallest absolute Gasteiger partial charge is 0.272 e. The molecule has 1 atom stereocenters. The third kappa shape index (κ3) is 4.16. The molecule has 1 unspecified atom stereocenters. The van der Waals surface area contributed by atoms with Gasteiger partial charge in [0.05, 0.1) is 17.3 Å². The molecular formula is C17H20Cl2N4O. The zero-order valence-electron chi connectivity index (χ0n) is 13.9.